The Bertz CT molecular complexity index is 1390. The molecule has 9 nitrogen and oxygen atoms in total. The fourth-order valence-corrected chi connectivity index (χ4v) is 7.56. The van der Waals surface area contributed by atoms with Crippen LogP contribution in [0, 0.1) is 5.92 Å². The van der Waals surface area contributed by atoms with E-state index >= 15 is 0 Å². The van der Waals surface area contributed by atoms with Crippen LogP contribution < -0.4 is 10.6 Å². The Kier molecular flexibility index (Phi) is 19.1. The third-order valence-corrected chi connectivity index (χ3v) is 10.4. The molecule has 6 atom stereocenters. The molecule has 0 spiro atoms. The minimum absolute atomic E-state index is 0.0233. The van der Waals surface area contributed by atoms with E-state index in [-0.39, 0.29) is 43.1 Å². The predicted molar refractivity (Wildman–Crippen MR) is 208 cm³/mol. The number of phenolic OH excluding ortho intramolecular Hbond substituents is 1. The van der Waals surface area contributed by atoms with Gasteiger partial charge in [0.25, 0.3) is 0 Å². The number of benzene rings is 2. The number of hydrogen-bond donors (Lipinski definition) is 8. The molecule has 9 heteroatoms. The second-order valence-electron chi connectivity index (χ2n) is 15.0. The van der Waals surface area contributed by atoms with Crippen LogP contribution in [0.2, 0.25) is 0 Å². The summed E-state index contributed by atoms with van der Waals surface area (Å²) in [5.74, 6) is -0.606. The summed E-state index contributed by atoms with van der Waals surface area (Å²) < 4.78 is 0. The summed E-state index contributed by atoms with van der Waals surface area (Å²) in [5.41, 5.74) is 4.28. The zero-order valence-electron chi connectivity index (χ0n) is 31.8. The molecule has 0 saturated heterocycles. The number of aryl methyl sites for hydroxylation is 2. The first kappa shape index (κ1) is 43.4. The number of rotatable bonds is 22. The molecule has 2 aromatic carbocycles. The lowest BCUT2D eigenvalue weighted by molar-refractivity contribution is -0.137. The van der Waals surface area contributed by atoms with E-state index in [2.05, 4.69) is 41.8 Å². The number of allylic oxidation sites excluding steroid dienone is 2. The van der Waals surface area contributed by atoms with Crippen molar-refractivity contribution in [2.45, 2.75) is 141 Å². The van der Waals surface area contributed by atoms with Crippen molar-refractivity contribution in [3.63, 3.8) is 0 Å². The van der Waals surface area contributed by atoms with E-state index in [1.807, 2.05) is 31.2 Å². The Hall–Kier alpha value is -3.05. The van der Waals surface area contributed by atoms with E-state index in [1.54, 1.807) is 19.1 Å². The maximum Gasteiger partial charge on any atom is 0.303 e. The Morgan fingerprint density at radius 2 is 1.69 bits per heavy atom. The van der Waals surface area contributed by atoms with E-state index < -0.39 is 30.4 Å². The SMILES string of the molecule is CCCCCC(O)C=CC1=C(CC(O)CO)C(NCC(C)(O)Cc2ccc(O)cc2)C(CCC(CCC(=O)O)NCC)CCc2ccccc2CC1. The quantitative estimate of drug-likeness (QED) is 0.0682. The molecule has 2 aromatic rings. The lowest BCUT2D eigenvalue weighted by Gasteiger charge is -2.37. The summed E-state index contributed by atoms with van der Waals surface area (Å²) in [6, 6.07) is 15.1. The zero-order valence-corrected chi connectivity index (χ0v) is 31.8. The van der Waals surface area contributed by atoms with Crippen molar-refractivity contribution in [2.75, 3.05) is 19.7 Å². The summed E-state index contributed by atoms with van der Waals surface area (Å²) in [6.45, 7) is 6.55. The van der Waals surface area contributed by atoms with Crippen molar-refractivity contribution in [2.24, 2.45) is 5.92 Å². The third kappa shape index (κ3) is 15.5. The van der Waals surface area contributed by atoms with Gasteiger partial charge in [-0.25, -0.2) is 0 Å². The van der Waals surface area contributed by atoms with Crippen LogP contribution >= 0.6 is 0 Å². The standard InChI is InChI=1S/C43H66N2O7/c1-4-6-7-12-37(47)25-20-34-17-15-32-10-8-9-11-33(32)16-18-35(19-21-36(44-5-2)22-26-41(50)51)42(40(34)27-39(49)29-46)45-30-43(3,52)28-31-13-23-38(48)24-14-31/h8-11,13-14,20,23-25,35-37,39,42,44-49,52H,4-7,12,15-19,21-22,26-30H2,1-3H3,(H,50,51). The number of fused-ring (bicyclic) bond motifs is 1. The molecule has 52 heavy (non-hydrogen) atoms. The van der Waals surface area contributed by atoms with Crippen molar-refractivity contribution in [1.82, 2.24) is 10.6 Å². The van der Waals surface area contributed by atoms with Gasteiger partial charge in [0.2, 0.25) is 0 Å². The van der Waals surface area contributed by atoms with Gasteiger partial charge in [-0.2, -0.15) is 0 Å². The van der Waals surface area contributed by atoms with Gasteiger partial charge in [0.05, 0.1) is 24.4 Å². The van der Waals surface area contributed by atoms with Gasteiger partial charge in [-0.05, 0) is 117 Å². The second-order valence-corrected chi connectivity index (χ2v) is 15.0. The number of aliphatic hydroxyl groups excluding tert-OH is 3. The highest BCUT2D eigenvalue weighted by molar-refractivity contribution is 5.66. The van der Waals surface area contributed by atoms with Crippen LogP contribution in [0.1, 0.15) is 108 Å². The van der Waals surface area contributed by atoms with Crippen molar-refractivity contribution >= 4 is 5.97 Å². The van der Waals surface area contributed by atoms with Gasteiger partial charge >= 0.3 is 5.97 Å². The summed E-state index contributed by atoms with van der Waals surface area (Å²) in [6.07, 6.45) is 11.9. The second kappa shape index (κ2) is 22.9. The van der Waals surface area contributed by atoms with Gasteiger partial charge in [0.15, 0.2) is 0 Å². The van der Waals surface area contributed by atoms with E-state index in [1.165, 1.54) is 11.1 Å². The monoisotopic (exact) mass is 722 g/mol. The molecule has 3 rings (SSSR count). The molecule has 0 amide bonds. The van der Waals surface area contributed by atoms with Crippen LogP contribution in [-0.4, -0.2) is 86.2 Å². The fourth-order valence-electron chi connectivity index (χ4n) is 7.56. The Morgan fingerprint density at radius 1 is 0.981 bits per heavy atom. The summed E-state index contributed by atoms with van der Waals surface area (Å²) in [7, 11) is 0. The summed E-state index contributed by atoms with van der Waals surface area (Å²) in [4.78, 5) is 11.5. The molecule has 0 radical (unpaired) electrons. The van der Waals surface area contributed by atoms with Crippen LogP contribution in [0.15, 0.2) is 71.8 Å². The van der Waals surface area contributed by atoms with E-state index in [0.29, 0.717) is 25.7 Å². The molecular weight excluding hydrogens is 656 g/mol. The number of aliphatic carboxylic acids is 1. The lowest BCUT2D eigenvalue weighted by atomic mass is 9.77. The maximum atomic E-state index is 11.7. The molecule has 0 aliphatic heterocycles. The molecule has 8 N–H and O–H groups in total. The number of hydrogen-bond acceptors (Lipinski definition) is 8. The highest BCUT2D eigenvalue weighted by atomic mass is 16.4. The smallest absolute Gasteiger partial charge is 0.303 e. The van der Waals surface area contributed by atoms with Gasteiger partial charge in [-0.15, -0.1) is 0 Å². The van der Waals surface area contributed by atoms with Gasteiger partial charge in [0.1, 0.15) is 5.75 Å². The van der Waals surface area contributed by atoms with Crippen LogP contribution in [0.25, 0.3) is 0 Å². The highest BCUT2D eigenvalue weighted by Crippen LogP contribution is 2.34. The van der Waals surface area contributed by atoms with Crippen LogP contribution in [0.4, 0.5) is 0 Å². The van der Waals surface area contributed by atoms with E-state index in [9.17, 15) is 35.4 Å². The number of carboxylic acids is 1. The van der Waals surface area contributed by atoms with E-state index in [4.69, 9.17) is 0 Å². The first-order chi connectivity index (χ1) is 24.9. The van der Waals surface area contributed by atoms with Crippen molar-refractivity contribution in [1.29, 1.82) is 0 Å². The first-order valence-corrected chi connectivity index (χ1v) is 19.6. The summed E-state index contributed by atoms with van der Waals surface area (Å²) in [5, 5.41) is 70.4. The summed E-state index contributed by atoms with van der Waals surface area (Å²) >= 11 is 0. The molecule has 0 saturated carbocycles. The molecule has 0 fully saturated rings. The molecule has 0 aromatic heterocycles. The number of nitrogens with one attached hydrogen (secondary N) is 2. The van der Waals surface area contributed by atoms with Crippen molar-refractivity contribution in [3.8, 4) is 5.75 Å². The normalized spacial score (nSPS) is 19.9. The number of phenols is 1. The highest BCUT2D eigenvalue weighted by Gasteiger charge is 2.32. The molecule has 0 heterocycles. The topological polar surface area (TPSA) is 163 Å². The lowest BCUT2D eigenvalue weighted by Crippen LogP contribution is -2.48. The number of aromatic hydroxyl groups is 1. The van der Waals surface area contributed by atoms with Gasteiger partial charge in [0, 0.05) is 31.5 Å². The average molecular weight is 723 g/mol. The molecule has 290 valence electrons. The van der Waals surface area contributed by atoms with Gasteiger partial charge in [-0.1, -0.05) is 81.7 Å². The minimum atomic E-state index is -1.15. The first-order valence-electron chi connectivity index (χ1n) is 19.6. The number of aliphatic hydroxyl groups is 4. The van der Waals surface area contributed by atoms with E-state index in [0.717, 1.165) is 74.6 Å². The van der Waals surface area contributed by atoms with Crippen molar-refractivity contribution < 1.29 is 35.4 Å². The number of carbonyl (C=O) groups is 1. The fraction of sp³-hybridized carbons (Fsp3) is 0.605. The molecular formula is C43H66N2O7. The Labute approximate surface area is 311 Å². The average Bonchev–Trinajstić information content (AvgIpc) is 3.11. The number of unbranched alkanes of at least 4 members (excludes halogenated alkanes) is 2. The van der Waals surface area contributed by atoms with Gasteiger partial charge < -0.3 is 41.3 Å². The third-order valence-electron chi connectivity index (χ3n) is 10.4. The Morgan fingerprint density at radius 3 is 2.35 bits per heavy atom. The predicted octanol–water partition coefficient (Wildman–Crippen LogP) is 6.00. The van der Waals surface area contributed by atoms with Crippen LogP contribution in [-0.2, 0) is 24.1 Å². The molecule has 6 unspecified atom stereocenters. The van der Waals surface area contributed by atoms with Gasteiger partial charge in [-0.3, -0.25) is 4.79 Å². The zero-order chi connectivity index (χ0) is 37.9. The number of carboxylic acid groups (broad SMARTS) is 1. The molecule has 1 aliphatic rings. The molecule has 0 bridgehead atoms. The minimum Gasteiger partial charge on any atom is -0.508 e. The Balaban J connectivity index is 2.12. The van der Waals surface area contributed by atoms with Crippen LogP contribution in [0.5, 0.6) is 5.75 Å². The largest absolute Gasteiger partial charge is 0.508 e. The maximum absolute atomic E-state index is 11.7. The van der Waals surface area contributed by atoms with Crippen molar-refractivity contribution in [3.05, 3.63) is 88.5 Å². The molecule has 1 aliphatic carbocycles. The van der Waals surface area contributed by atoms with Crippen LogP contribution in [0.3, 0.4) is 0 Å².